The van der Waals surface area contributed by atoms with Crippen LogP contribution in [-0.2, 0) is 31.2 Å². The zero-order valence-electron chi connectivity index (χ0n) is 24.9. The van der Waals surface area contributed by atoms with Gasteiger partial charge in [-0.05, 0) is 96.8 Å². The molecule has 0 amide bonds. The van der Waals surface area contributed by atoms with Crippen LogP contribution in [0.1, 0.15) is 19.4 Å². The van der Waals surface area contributed by atoms with Gasteiger partial charge < -0.3 is 14.0 Å². The van der Waals surface area contributed by atoms with Crippen molar-refractivity contribution in [1.29, 1.82) is 0 Å². The summed E-state index contributed by atoms with van der Waals surface area (Å²) >= 11 is 0. The summed E-state index contributed by atoms with van der Waals surface area (Å²) in [6, 6.07) is 30.0. The van der Waals surface area contributed by atoms with Crippen LogP contribution in [0.15, 0.2) is 125 Å². The van der Waals surface area contributed by atoms with E-state index in [1.807, 2.05) is 36.4 Å². The Morgan fingerprint density at radius 2 is 1.20 bits per heavy atom. The number of ether oxygens (including phenoxy) is 2. The van der Waals surface area contributed by atoms with Crippen LogP contribution in [0.5, 0.6) is 17.2 Å². The molecule has 2 N–H and O–H groups in total. The van der Waals surface area contributed by atoms with Crippen molar-refractivity contribution in [3.05, 3.63) is 121 Å². The van der Waals surface area contributed by atoms with Gasteiger partial charge in [-0.15, -0.1) is 0 Å². The first-order valence-corrected chi connectivity index (χ1v) is 18.8. The molecular weight excluding hydrogens is 647 g/mol. The number of benzene rings is 5. The summed E-state index contributed by atoms with van der Waals surface area (Å²) in [5.41, 5.74) is 3.13. The second-order valence-corrected chi connectivity index (χ2v) is 15.9. The predicted octanol–water partition coefficient (Wildman–Crippen LogP) is 6.24. The number of aryl methyl sites for hydroxylation is 1. The molecule has 0 saturated carbocycles. The number of rotatable bonds is 11. The number of hydrogen-bond donors (Lipinski definition) is 2. The van der Waals surface area contributed by atoms with Crippen LogP contribution in [0, 0.1) is 0 Å². The average Bonchev–Trinajstić information content (AvgIpc) is 3.04. The fraction of sp³-hybridized carbons (Fsp3) is 0.118. The molecule has 12 heteroatoms. The van der Waals surface area contributed by atoms with E-state index in [9.17, 15) is 25.9 Å². The van der Waals surface area contributed by atoms with Crippen LogP contribution >= 0.6 is 7.14 Å². The van der Waals surface area contributed by atoms with E-state index < -0.39 is 37.2 Å². The van der Waals surface area contributed by atoms with Crippen molar-refractivity contribution in [2.24, 2.45) is 0 Å². The van der Waals surface area contributed by atoms with Crippen molar-refractivity contribution in [3.8, 4) is 28.4 Å². The molecule has 0 aromatic heterocycles. The summed E-state index contributed by atoms with van der Waals surface area (Å²) in [6.45, 7) is 4.27. The van der Waals surface area contributed by atoms with Crippen molar-refractivity contribution in [1.82, 2.24) is 0 Å². The SMILES string of the molecule is CCOc1ccc(P(=O)(c2cccc(S(=O)(=O)O)c2)c2ccc(Oc3ccc(-c4ccc(CC)cc4)cc3)c(S(=O)(=O)O)c2)cc1. The summed E-state index contributed by atoms with van der Waals surface area (Å²) in [5, 5.41) is 0.195. The lowest BCUT2D eigenvalue weighted by Crippen LogP contribution is -2.26. The molecule has 0 aliphatic heterocycles. The first kappa shape index (κ1) is 33.1. The van der Waals surface area contributed by atoms with Crippen molar-refractivity contribution in [2.75, 3.05) is 6.61 Å². The zero-order chi connectivity index (χ0) is 33.1. The minimum absolute atomic E-state index is 0.00398. The summed E-state index contributed by atoms with van der Waals surface area (Å²) in [5.74, 6) is 0.578. The minimum atomic E-state index is -4.91. The lowest BCUT2D eigenvalue weighted by atomic mass is 10.0. The van der Waals surface area contributed by atoms with Gasteiger partial charge in [0, 0.05) is 15.9 Å². The fourth-order valence-corrected chi connectivity index (χ4v) is 8.98. The average molecular weight is 679 g/mol. The van der Waals surface area contributed by atoms with E-state index in [0.29, 0.717) is 18.1 Å². The summed E-state index contributed by atoms with van der Waals surface area (Å²) < 4.78 is 95.6. The standard InChI is InChI=1S/C34H31O9PS2/c1-3-24-8-10-25(11-9-24)26-12-14-28(15-13-26)43-33-21-20-31(23-34(33)46(39,40)41)44(35,29-18-16-27(17-19-29)42-4-2)30-6-5-7-32(22-30)45(36,37)38/h5-23H,3-4H2,1-2H3,(H,36,37,38)(H,39,40,41). The Labute approximate surface area is 268 Å². The molecule has 9 nitrogen and oxygen atoms in total. The minimum Gasteiger partial charge on any atom is -0.494 e. The summed E-state index contributed by atoms with van der Waals surface area (Å²) in [7, 11) is -13.6. The Kier molecular flexibility index (Phi) is 9.53. The van der Waals surface area contributed by atoms with Crippen molar-refractivity contribution >= 4 is 43.3 Å². The Hall–Kier alpha value is -4.25. The van der Waals surface area contributed by atoms with Gasteiger partial charge in [0.25, 0.3) is 20.2 Å². The number of hydrogen-bond acceptors (Lipinski definition) is 7. The molecule has 5 rings (SSSR count). The second-order valence-electron chi connectivity index (χ2n) is 10.3. The molecule has 46 heavy (non-hydrogen) atoms. The lowest BCUT2D eigenvalue weighted by molar-refractivity contribution is 0.340. The van der Waals surface area contributed by atoms with Gasteiger partial charge in [0.05, 0.1) is 11.5 Å². The quantitative estimate of drug-likeness (QED) is 0.123. The Bertz CT molecular complexity index is 2130. The normalized spacial score (nSPS) is 13.1. The van der Waals surface area contributed by atoms with Gasteiger partial charge in [0.2, 0.25) is 0 Å². The first-order valence-electron chi connectivity index (χ1n) is 14.2. The third-order valence-corrected chi connectivity index (χ3v) is 12.1. The van der Waals surface area contributed by atoms with Crippen LogP contribution in [0.3, 0.4) is 0 Å². The molecular formula is C34H31O9PS2. The van der Waals surface area contributed by atoms with Gasteiger partial charge in [-0.1, -0.05) is 55.5 Å². The van der Waals surface area contributed by atoms with E-state index >= 15 is 4.57 Å². The van der Waals surface area contributed by atoms with Gasteiger partial charge in [-0.25, -0.2) is 0 Å². The molecule has 0 aliphatic carbocycles. The Morgan fingerprint density at radius 3 is 1.76 bits per heavy atom. The van der Waals surface area contributed by atoms with E-state index in [2.05, 4.69) is 6.92 Å². The Morgan fingerprint density at radius 1 is 0.630 bits per heavy atom. The lowest BCUT2D eigenvalue weighted by Gasteiger charge is -2.22. The molecule has 0 heterocycles. The van der Waals surface area contributed by atoms with Crippen molar-refractivity contribution in [3.63, 3.8) is 0 Å². The van der Waals surface area contributed by atoms with Gasteiger partial charge in [0.15, 0.2) is 7.14 Å². The van der Waals surface area contributed by atoms with E-state index in [0.717, 1.165) is 35.7 Å². The summed E-state index contributed by atoms with van der Waals surface area (Å²) in [4.78, 5) is -1.13. The Balaban J connectivity index is 1.59. The monoisotopic (exact) mass is 678 g/mol. The molecule has 1 atom stereocenters. The van der Waals surface area contributed by atoms with Gasteiger partial charge in [0.1, 0.15) is 22.1 Å². The van der Waals surface area contributed by atoms with Crippen LogP contribution in [0.2, 0.25) is 0 Å². The molecule has 238 valence electrons. The molecule has 0 aliphatic rings. The maximum absolute atomic E-state index is 15.1. The zero-order valence-corrected chi connectivity index (χ0v) is 27.4. The maximum atomic E-state index is 15.1. The first-order chi connectivity index (χ1) is 21.8. The van der Waals surface area contributed by atoms with E-state index in [1.54, 1.807) is 31.2 Å². The highest BCUT2D eigenvalue weighted by molar-refractivity contribution is 7.87. The smallest absolute Gasteiger partial charge is 0.298 e. The molecule has 0 saturated heterocycles. The third-order valence-electron chi connectivity index (χ3n) is 7.34. The molecule has 0 spiro atoms. The molecule has 5 aromatic rings. The summed E-state index contributed by atoms with van der Waals surface area (Å²) in [6.07, 6.45) is 0.925. The molecule has 5 aromatic carbocycles. The molecule has 0 radical (unpaired) electrons. The van der Waals surface area contributed by atoms with E-state index in [4.69, 9.17) is 9.47 Å². The van der Waals surface area contributed by atoms with Gasteiger partial charge in [-0.3, -0.25) is 9.11 Å². The van der Waals surface area contributed by atoms with Crippen LogP contribution in [0.4, 0.5) is 0 Å². The van der Waals surface area contributed by atoms with Crippen molar-refractivity contribution < 1.29 is 40.0 Å². The highest BCUT2D eigenvalue weighted by Gasteiger charge is 2.33. The van der Waals surface area contributed by atoms with Gasteiger partial charge in [-0.2, -0.15) is 16.8 Å². The highest BCUT2D eigenvalue weighted by Crippen LogP contribution is 2.45. The molecule has 0 bridgehead atoms. The van der Waals surface area contributed by atoms with E-state index in [1.165, 1.54) is 42.0 Å². The highest BCUT2D eigenvalue weighted by atomic mass is 32.2. The van der Waals surface area contributed by atoms with Crippen LogP contribution in [-0.4, -0.2) is 32.5 Å². The van der Waals surface area contributed by atoms with Gasteiger partial charge >= 0.3 is 0 Å². The fourth-order valence-electron chi connectivity index (χ4n) is 4.96. The van der Waals surface area contributed by atoms with Crippen molar-refractivity contribution in [2.45, 2.75) is 30.1 Å². The molecule has 1 unspecified atom stereocenters. The largest absolute Gasteiger partial charge is 0.494 e. The van der Waals surface area contributed by atoms with Crippen LogP contribution in [0.25, 0.3) is 11.1 Å². The second kappa shape index (κ2) is 13.2. The topological polar surface area (TPSA) is 144 Å². The predicted molar refractivity (Wildman–Crippen MR) is 178 cm³/mol. The molecule has 0 fully saturated rings. The van der Waals surface area contributed by atoms with E-state index in [-0.39, 0.29) is 21.7 Å². The van der Waals surface area contributed by atoms with Crippen LogP contribution < -0.4 is 25.4 Å². The third kappa shape index (κ3) is 7.09. The maximum Gasteiger partial charge on any atom is 0.298 e.